The number of nitrogens with one attached hydrogen (secondary N) is 1. The molecule has 1 aromatic heterocycles. The number of amides is 1. The average molecular weight is 259 g/mol. The molecule has 0 saturated carbocycles. The monoisotopic (exact) mass is 259 g/mol. The molecule has 0 aliphatic heterocycles. The molecule has 0 spiro atoms. The van der Waals surface area contributed by atoms with Gasteiger partial charge in [0.05, 0.1) is 11.3 Å². The first-order chi connectivity index (χ1) is 8.99. The highest BCUT2D eigenvalue weighted by molar-refractivity contribution is 5.96. The molecule has 0 fully saturated rings. The number of aromatic nitrogens is 2. The fraction of sp³-hybridized carbons (Fsp3) is 0.286. The summed E-state index contributed by atoms with van der Waals surface area (Å²) >= 11 is 0. The molecule has 0 bridgehead atoms. The van der Waals surface area contributed by atoms with E-state index in [0.29, 0.717) is 12.1 Å². The largest absolute Gasteiger partial charge is 0.508 e. The predicted molar refractivity (Wildman–Crippen MR) is 72.0 cm³/mol. The van der Waals surface area contributed by atoms with Gasteiger partial charge in [-0.1, -0.05) is 12.1 Å². The summed E-state index contributed by atoms with van der Waals surface area (Å²) < 4.78 is 1.70. The van der Waals surface area contributed by atoms with Gasteiger partial charge in [0.1, 0.15) is 5.75 Å². The summed E-state index contributed by atoms with van der Waals surface area (Å²) in [6.07, 6.45) is 0. The summed E-state index contributed by atoms with van der Waals surface area (Å²) in [5.41, 5.74) is 3.13. The SMILES string of the molecule is Cc1nn(C)c(C)c1C(=O)NCc1ccc(O)cc1. The number of rotatable bonds is 3. The summed E-state index contributed by atoms with van der Waals surface area (Å²) in [5.74, 6) is 0.0881. The first kappa shape index (κ1) is 13.1. The number of hydrogen-bond donors (Lipinski definition) is 2. The lowest BCUT2D eigenvalue weighted by atomic mass is 10.1. The molecule has 2 aromatic rings. The number of hydrogen-bond acceptors (Lipinski definition) is 3. The third-order valence-electron chi connectivity index (χ3n) is 3.13. The maximum Gasteiger partial charge on any atom is 0.255 e. The van der Waals surface area contributed by atoms with E-state index in [1.54, 1.807) is 28.9 Å². The lowest BCUT2D eigenvalue weighted by Gasteiger charge is -2.06. The topological polar surface area (TPSA) is 67.2 Å². The number of phenols is 1. The molecule has 0 atom stereocenters. The second-order valence-corrected chi connectivity index (χ2v) is 4.52. The number of benzene rings is 1. The number of aryl methyl sites for hydroxylation is 2. The molecule has 5 heteroatoms. The van der Waals surface area contributed by atoms with Crippen molar-refractivity contribution in [3.8, 4) is 5.75 Å². The maximum absolute atomic E-state index is 12.1. The van der Waals surface area contributed by atoms with Crippen LogP contribution in [0.15, 0.2) is 24.3 Å². The molecule has 19 heavy (non-hydrogen) atoms. The normalized spacial score (nSPS) is 10.5. The third kappa shape index (κ3) is 2.76. The van der Waals surface area contributed by atoms with Crippen LogP contribution in [-0.2, 0) is 13.6 Å². The van der Waals surface area contributed by atoms with Crippen molar-refractivity contribution in [1.29, 1.82) is 0 Å². The van der Waals surface area contributed by atoms with E-state index in [4.69, 9.17) is 0 Å². The molecule has 0 unspecified atom stereocenters. The van der Waals surface area contributed by atoms with Crippen LogP contribution >= 0.6 is 0 Å². The minimum atomic E-state index is -0.129. The van der Waals surface area contributed by atoms with Crippen molar-refractivity contribution in [2.45, 2.75) is 20.4 Å². The quantitative estimate of drug-likeness (QED) is 0.881. The van der Waals surface area contributed by atoms with Gasteiger partial charge in [0.25, 0.3) is 5.91 Å². The number of phenolic OH excluding ortho intramolecular Hbond substituents is 1. The summed E-state index contributed by atoms with van der Waals surface area (Å²) in [5, 5.41) is 16.3. The van der Waals surface area contributed by atoms with E-state index < -0.39 is 0 Å². The van der Waals surface area contributed by atoms with Gasteiger partial charge in [-0.25, -0.2) is 0 Å². The molecule has 1 amide bonds. The van der Waals surface area contributed by atoms with Crippen LogP contribution in [-0.4, -0.2) is 20.8 Å². The van der Waals surface area contributed by atoms with Crippen LogP contribution in [0.1, 0.15) is 27.3 Å². The number of nitrogens with zero attached hydrogens (tertiary/aromatic N) is 2. The van der Waals surface area contributed by atoms with Crippen LogP contribution in [0.3, 0.4) is 0 Å². The predicted octanol–water partition coefficient (Wildman–Crippen LogP) is 1.67. The van der Waals surface area contributed by atoms with Gasteiger partial charge in [-0.3, -0.25) is 9.48 Å². The van der Waals surface area contributed by atoms with Gasteiger partial charge in [0, 0.05) is 19.3 Å². The molecular weight excluding hydrogens is 242 g/mol. The Hall–Kier alpha value is -2.30. The zero-order valence-corrected chi connectivity index (χ0v) is 11.3. The fourth-order valence-electron chi connectivity index (χ4n) is 1.99. The number of carbonyl (C=O) groups is 1. The molecular formula is C14H17N3O2. The number of carbonyl (C=O) groups excluding carboxylic acids is 1. The molecule has 100 valence electrons. The molecule has 0 aliphatic rings. The van der Waals surface area contributed by atoms with Crippen molar-refractivity contribution in [3.63, 3.8) is 0 Å². The standard InChI is InChI=1S/C14H17N3O2/c1-9-13(10(2)17(3)16-9)14(19)15-8-11-4-6-12(18)7-5-11/h4-7,18H,8H2,1-3H3,(H,15,19). The smallest absolute Gasteiger partial charge is 0.255 e. The van der Waals surface area contributed by atoms with Crippen LogP contribution in [0.5, 0.6) is 5.75 Å². The fourth-order valence-corrected chi connectivity index (χ4v) is 1.99. The molecule has 1 aromatic carbocycles. The van der Waals surface area contributed by atoms with E-state index in [9.17, 15) is 9.90 Å². The first-order valence-corrected chi connectivity index (χ1v) is 6.05. The lowest BCUT2D eigenvalue weighted by molar-refractivity contribution is 0.0949. The zero-order valence-electron chi connectivity index (χ0n) is 11.3. The van der Waals surface area contributed by atoms with E-state index >= 15 is 0 Å². The van der Waals surface area contributed by atoms with Gasteiger partial charge >= 0.3 is 0 Å². The van der Waals surface area contributed by atoms with Crippen molar-refractivity contribution in [2.75, 3.05) is 0 Å². The Bertz CT molecular complexity index is 600. The molecule has 0 saturated heterocycles. The summed E-state index contributed by atoms with van der Waals surface area (Å²) in [6.45, 7) is 4.12. The van der Waals surface area contributed by atoms with E-state index in [1.807, 2.05) is 20.9 Å². The van der Waals surface area contributed by atoms with E-state index in [1.165, 1.54) is 0 Å². The number of aromatic hydroxyl groups is 1. The second kappa shape index (κ2) is 5.14. The molecule has 1 heterocycles. The molecule has 0 aliphatic carbocycles. The van der Waals surface area contributed by atoms with E-state index in [2.05, 4.69) is 10.4 Å². The van der Waals surface area contributed by atoms with Crippen molar-refractivity contribution in [3.05, 3.63) is 46.8 Å². The Kier molecular flexibility index (Phi) is 3.55. The Balaban J connectivity index is 2.07. The highest BCUT2D eigenvalue weighted by Gasteiger charge is 2.16. The van der Waals surface area contributed by atoms with E-state index in [0.717, 1.165) is 17.0 Å². The van der Waals surface area contributed by atoms with E-state index in [-0.39, 0.29) is 11.7 Å². The summed E-state index contributed by atoms with van der Waals surface area (Å²) in [6, 6.07) is 6.75. The Morgan fingerprint density at radius 3 is 2.47 bits per heavy atom. The molecule has 5 nitrogen and oxygen atoms in total. The van der Waals surface area contributed by atoms with Crippen molar-refractivity contribution < 1.29 is 9.90 Å². The first-order valence-electron chi connectivity index (χ1n) is 6.05. The Morgan fingerprint density at radius 2 is 1.95 bits per heavy atom. The van der Waals surface area contributed by atoms with Gasteiger partial charge in [0.15, 0.2) is 0 Å². The van der Waals surface area contributed by atoms with Gasteiger partial charge in [-0.15, -0.1) is 0 Å². The van der Waals surface area contributed by atoms with Crippen molar-refractivity contribution in [2.24, 2.45) is 7.05 Å². The van der Waals surface area contributed by atoms with Crippen LogP contribution < -0.4 is 5.32 Å². The van der Waals surface area contributed by atoms with Gasteiger partial charge in [-0.2, -0.15) is 5.10 Å². The highest BCUT2D eigenvalue weighted by Crippen LogP contribution is 2.13. The van der Waals surface area contributed by atoms with Crippen molar-refractivity contribution >= 4 is 5.91 Å². The Morgan fingerprint density at radius 1 is 1.32 bits per heavy atom. The molecule has 2 rings (SSSR count). The van der Waals surface area contributed by atoms with Gasteiger partial charge in [0.2, 0.25) is 0 Å². The van der Waals surface area contributed by atoms with Crippen LogP contribution in [0, 0.1) is 13.8 Å². The highest BCUT2D eigenvalue weighted by atomic mass is 16.3. The average Bonchev–Trinajstić information content (AvgIpc) is 2.62. The summed E-state index contributed by atoms with van der Waals surface area (Å²) in [7, 11) is 1.82. The molecule has 0 radical (unpaired) electrons. The summed E-state index contributed by atoms with van der Waals surface area (Å²) in [4.78, 5) is 12.1. The lowest BCUT2D eigenvalue weighted by Crippen LogP contribution is -2.24. The van der Waals surface area contributed by atoms with Crippen LogP contribution in [0.4, 0.5) is 0 Å². The minimum absolute atomic E-state index is 0.129. The van der Waals surface area contributed by atoms with Crippen LogP contribution in [0.25, 0.3) is 0 Å². The van der Waals surface area contributed by atoms with Crippen LogP contribution in [0.2, 0.25) is 0 Å². The third-order valence-corrected chi connectivity index (χ3v) is 3.13. The second-order valence-electron chi connectivity index (χ2n) is 4.52. The molecule has 2 N–H and O–H groups in total. The minimum Gasteiger partial charge on any atom is -0.508 e. The zero-order chi connectivity index (χ0) is 14.0. The van der Waals surface area contributed by atoms with Crippen molar-refractivity contribution in [1.82, 2.24) is 15.1 Å². The maximum atomic E-state index is 12.1. The Labute approximate surface area is 111 Å². The van der Waals surface area contributed by atoms with Gasteiger partial charge < -0.3 is 10.4 Å². The van der Waals surface area contributed by atoms with Gasteiger partial charge in [-0.05, 0) is 31.5 Å².